The Hall–Kier alpha value is -2.58. The van der Waals surface area contributed by atoms with Crippen molar-refractivity contribution in [2.24, 2.45) is 0 Å². The van der Waals surface area contributed by atoms with Crippen LogP contribution in [0.3, 0.4) is 0 Å². The van der Waals surface area contributed by atoms with Crippen molar-refractivity contribution in [3.05, 3.63) is 81.9 Å². The van der Waals surface area contributed by atoms with Crippen LogP contribution in [0, 0.1) is 5.82 Å². The molecule has 5 rings (SSSR count). The summed E-state index contributed by atoms with van der Waals surface area (Å²) in [6.07, 6.45) is 4.39. The first kappa shape index (κ1) is 22.2. The van der Waals surface area contributed by atoms with Gasteiger partial charge in [0, 0.05) is 17.7 Å². The minimum atomic E-state index is -0.363. The number of hydrogen-bond donors (Lipinski definition) is 1. The number of carbonyl (C=O) groups excluding carboxylic acids is 1. The van der Waals surface area contributed by atoms with Gasteiger partial charge >= 0.3 is 0 Å². The van der Waals surface area contributed by atoms with Crippen molar-refractivity contribution in [3.63, 3.8) is 0 Å². The fourth-order valence-corrected chi connectivity index (χ4v) is 6.91. The van der Waals surface area contributed by atoms with E-state index in [-0.39, 0.29) is 29.0 Å². The van der Waals surface area contributed by atoms with Crippen LogP contribution in [0.5, 0.6) is 0 Å². The number of nitrogens with zero attached hydrogens (tertiary/aromatic N) is 2. The van der Waals surface area contributed by atoms with Gasteiger partial charge in [-0.25, -0.2) is 9.37 Å². The van der Waals surface area contributed by atoms with Gasteiger partial charge in [0.2, 0.25) is 5.91 Å². The van der Waals surface area contributed by atoms with Crippen molar-refractivity contribution >= 4 is 29.4 Å². The zero-order valence-electron chi connectivity index (χ0n) is 18.0. The standard InChI is InChI=1S/C25H24FN3O2S2/c26-17-10-12-18(13-11-17)29-24(31)22-19-8-4-5-9-20(19)33-23(22)28-25(29)32-15-21(30)27-14-16-6-2-1-3-7-16/h1-3,6-7,10-13,19-20H,4-5,8-9,14-15H2,(H,27,30)/t19-,20-/m1/s1. The summed E-state index contributed by atoms with van der Waals surface area (Å²) in [5.41, 5.74) is 2.27. The number of aromatic nitrogens is 2. The fraction of sp³-hybridized carbons (Fsp3) is 0.320. The second kappa shape index (κ2) is 9.73. The van der Waals surface area contributed by atoms with E-state index in [0.717, 1.165) is 35.4 Å². The van der Waals surface area contributed by atoms with E-state index in [0.29, 0.717) is 22.6 Å². The molecule has 170 valence electrons. The molecule has 1 N–H and O–H groups in total. The van der Waals surface area contributed by atoms with Crippen molar-refractivity contribution in [1.82, 2.24) is 14.9 Å². The number of amides is 1. The van der Waals surface area contributed by atoms with E-state index in [2.05, 4.69) is 5.32 Å². The summed E-state index contributed by atoms with van der Waals surface area (Å²) in [7, 11) is 0. The summed E-state index contributed by atoms with van der Waals surface area (Å²) in [5.74, 6) is -0.140. The van der Waals surface area contributed by atoms with E-state index in [1.165, 1.54) is 30.3 Å². The summed E-state index contributed by atoms with van der Waals surface area (Å²) in [6.45, 7) is 0.446. The molecule has 0 saturated heterocycles. The van der Waals surface area contributed by atoms with E-state index in [9.17, 15) is 14.0 Å². The van der Waals surface area contributed by atoms with E-state index in [4.69, 9.17) is 4.98 Å². The molecule has 8 heteroatoms. The predicted molar refractivity (Wildman–Crippen MR) is 130 cm³/mol. The molecule has 3 aromatic rings. The van der Waals surface area contributed by atoms with Crippen LogP contribution in [0.15, 0.2) is 69.6 Å². The molecule has 0 bridgehead atoms. The number of carbonyl (C=O) groups is 1. The van der Waals surface area contributed by atoms with Gasteiger partial charge in [-0.15, -0.1) is 11.8 Å². The third-order valence-electron chi connectivity index (χ3n) is 6.14. The minimum absolute atomic E-state index is 0.0966. The molecule has 1 aliphatic heterocycles. The van der Waals surface area contributed by atoms with Crippen molar-refractivity contribution < 1.29 is 9.18 Å². The molecule has 1 saturated carbocycles. The van der Waals surface area contributed by atoms with Gasteiger partial charge in [-0.05, 0) is 42.7 Å². The molecule has 5 nitrogen and oxygen atoms in total. The molecule has 1 fully saturated rings. The summed E-state index contributed by atoms with van der Waals surface area (Å²) < 4.78 is 15.1. The Kier molecular flexibility index (Phi) is 6.55. The highest BCUT2D eigenvalue weighted by Gasteiger charge is 2.39. The molecule has 0 radical (unpaired) electrons. The largest absolute Gasteiger partial charge is 0.351 e. The van der Waals surface area contributed by atoms with Crippen molar-refractivity contribution in [1.29, 1.82) is 0 Å². The second-order valence-corrected chi connectivity index (χ2v) is 10.5. The number of halogens is 1. The van der Waals surface area contributed by atoms with Gasteiger partial charge in [0.15, 0.2) is 5.16 Å². The number of fused-ring (bicyclic) bond motifs is 3. The maximum absolute atomic E-state index is 13.7. The Morgan fingerprint density at radius 1 is 1.12 bits per heavy atom. The molecule has 2 heterocycles. The van der Waals surface area contributed by atoms with Crippen molar-refractivity contribution in [2.75, 3.05) is 5.75 Å². The average molecular weight is 482 g/mol. The smallest absolute Gasteiger partial charge is 0.263 e. The first-order chi connectivity index (χ1) is 16.1. The fourth-order valence-electron chi connectivity index (χ4n) is 4.51. The maximum atomic E-state index is 13.7. The van der Waals surface area contributed by atoms with Gasteiger partial charge in [-0.1, -0.05) is 54.9 Å². The molecular formula is C25H24FN3O2S2. The quantitative estimate of drug-likeness (QED) is 0.308. The van der Waals surface area contributed by atoms with Crippen LogP contribution < -0.4 is 10.9 Å². The lowest BCUT2D eigenvalue weighted by atomic mass is 9.85. The number of thioether (sulfide) groups is 2. The third kappa shape index (κ3) is 4.73. The van der Waals surface area contributed by atoms with E-state index in [1.54, 1.807) is 28.5 Å². The normalized spacial score (nSPS) is 19.1. The lowest BCUT2D eigenvalue weighted by molar-refractivity contribution is -0.118. The molecule has 33 heavy (non-hydrogen) atoms. The molecule has 1 amide bonds. The van der Waals surface area contributed by atoms with Crippen LogP contribution in [0.2, 0.25) is 0 Å². The van der Waals surface area contributed by atoms with Gasteiger partial charge in [0.1, 0.15) is 10.8 Å². The van der Waals surface area contributed by atoms with Crippen LogP contribution in [0.1, 0.15) is 42.7 Å². The summed E-state index contributed by atoms with van der Waals surface area (Å²) in [5, 5.41) is 4.57. The Balaban J connectivity index is 1.42. The molecule has 2 atom stereocenters. The second-order valence-electron chi connectivity index (χ2n) is 8.33. The third-order valence-corrected chi connectivity index (χ3v) is 8.48. The van der Waals surface area contributed by atoms with E-state index in [1.807, 2.05) is 30.3 Å². The average Bonchev–Trinajstić information content (AvgIpc) is 3.21. The number of benzene rings is 2. The number of hydrogen-bond acceptors (Lipinski definition) is 5. The Morgan fingerprint density at radius 2 is 1.88 bits per heavy atom. The van der Waals surface area contributed by atoms with Crippen LogP contribution >= 0.6 is 23.5 Å². The topological polar surface area (TPSA) is 64.0 Å². The number of nitrogens with one attached hydrogen (secondary N) is 1. The Morgan fingerprint density at radius 3 is 2.67 bits per heavy atom. The predicted octanol–water partition coefficient (Wildman–Crippen LogP) is 4.91. The monoisotopic (exact) mass is 481 g/mol. The van der Waals surface area contributed by atoms with Crippen LogP contribution in [0.25, 0.3) is 5.69 Å². The molecule has 0 spiro atoms. The first-order valence-corrected chi connectivity index (χ1v) is 13.0. The van der Waals surface area contributed by atoms with Crippen molar-refractivity contribution in [3.8, 4) is 5.69 Å². The molecule has 1 aliphatic carbocycles. The minimum Gasteiger partial charge on any atom is -0.351 e. The Labute approximate surface area is 200 Å². The van der Waals surface area contributed by atoms with E-state index < -0.39 is 0 Å². The molecule has 2 aliphatic rings. The molecule has 0 unspecified atom stereocenters. The lowest BCUT2D eigenvalue weighted by Gasteiger charge is -2.24. The van der Waals surface area contributed by atoms with Gasteiger partial charge < -0.3 is 5.32 Å². The number of rotatable bonds is 6. The molecule has 1 aromatic heterocycles. The highest BCUT2D eigenvalue weighted by atomic mass is 32.2. The van der Waals surface area contributed by atoms with Gasteiger partial charge in [-0.2, -0.15) is 0 Å². The highest BCUT2D eigenvalue weighted by Crippen LogP contribution is 2.50. The SMILES string of the molecule is O=C(CSc1nc2c(c(=O)n1-c1ccc(F)cc1)[C@@H]1CCCC[C@H]1S2)NCc1ccccc1. The van der Waals surface area contributed by atoms with Gasteiger partial charge in [-0.3, -0.25) is 14.2 Å². The van der Waals surface area contributed by atoms with Gasteiger partial charge in [0.25, 0.3) is 5.56 Å². The van der Waals surface area contributed by atoms with Crippen LogP contribution in [-0.4, -0.2) is 26.5 Å². The van der Waals surface area contributed by atoms with Gasteiger partial charge in [0.05, 0.1) is 17.0 Å². The lowest BCUT2D eigenvalue weighted by Crippen LogP contribution is -2.29. The highest BCUT2D eigenvalue weighted by molar-refractivity contribution is 8.00. The van der Waals surface area contributed by atoms with Crippen LogP contribution in [-0.2, 0) is 11.3 Å². The summed E-state index contributed by atoms with van der Waals surface area (Å²) in [6, 6.07) is 15.6. The Bertz CT molecular complexity index is 1210. The summed E-state index contributed by atoms with van der Waals surface area (Å²) in [4.78, 5) is 31.0. The summed E-state index contributed by atoms with van der Waals surface area (Å²) >= 11 is 2.93. The molecule has 2 aromatic carbocycles. The zero-order valence-corrected chi connectivity index (χ0v) is 19.6. The maximum Gasteiger partial charge on any atom is 0.263 e. The van der Waals surface area contributed by atoms with E-state index >= 15 is 0 Å². The molecular weight excluding hydrogens is 457 g/mol. The zero-order chi connectivity index (χ0) is 22.8. The van der Waals surface area contributed by atoms with Crippen LogP contribution in [0.4, 0.5) is 4.39 Å². The first-order valence-electron chi connectivity index (χ1n) is 11.1. The van der Waals surface area contributed by atoms with Crippen molar-refractivity contribution in [2.45, 2.75) is 53.6 Å².